The molecule has 0 aliphatic carbocycles. The number of hydrogen-bond donors (Lipinski definition) is 3. The maximum Gasteiger partial charge on any atom is 0.251 e. The van der Waals surface area contributed by atoms with E-state index in [0.29, 0.717) is 41.9 Å². The standard InChI is InChI=1S/C22H30N4O4/c1-6-24-22(25-13-15-7-9-17(10-8-15)21(27)23-2)26-14-16-11-18(28-3)20(30-5)19(12-16)29-4/h7-12H,6,13-14H2,1-5H3,(H,23,27)(H2,24,25,26). The van der Waals surface area contributed by atoms with Gasteiger partial charge in [-0.05, 0) is 42.3 Å². The Hall–Kier alpha value is -3.42. The number of nitrogens with one attached hydrogen (secondary N) is 3. The van der Waals surface area contributed by atoms with Gasteiger partial charge >= 0.3 is 0 Å². The molecular formula is C22H30N4O4. The number of nitrogens with zero attached hydrogens (tertiary/aromatic N) is 1. The number of aliphatic imine (C=N–C) groups is 1. The molecular weight excluding hydrogens is 384 g/mol. The van der Waals surface area contributed by atoms with Gasteiger partial charge in [0.1, 0.15) is 0 Å². The lowest BCUT2D eigenvalue weighted by atomic mass is 10.1. The van der Waals surface area contributed by atoms with Crippen LogP contribution in [0.15, 0.2) is 41.4 Å². The highest BCUT2D eigenvalue weighted by Gasteiger charge is 2.13. The van der Waals surface area contributed by atoms with Crippen molar-refractivity contribution in [2.45, 2.75) is 20.0 Å². The Kier molecular flexibility index (Phi) is 8.80. The van der Waals surface area contributed by atoms with E-state index in [1.54, 1.807) is 40.5 Å². The molecule has 2 aromatic rings. The number of carbonyl (C=O) groups excluding carboxylic acids is 1. The van der Waals surface area contributed by atoms with Gasteiger partial charge in [0.2, 0.25) is 5.75 Å². The molecule has 8 nitrogen and oxygen atoms in total. The number of amides is 1. The second-order valence-corrected chi connectivity index (χ2v) is 6.36. The predicted octanol–water partition coefficient (Wildman–Crippen LogP) is 2.33. The number of ether oxygens (including phenoxy) is 3. The first-order valence-electron chi connectivity index (χ1n) is 9.68. The third kappa shape index (κ3) is 6.04. The van der Waals surface area contributed by atoms with Crippen molar-refractivity contribution in [3.8, 4) is 17.2 Å². The van der Waals surface area contributed by atoms with Gasteiger partial charge in [-0.1, -0.05) is 12.1 Å². The van der Waals surface area contributed by atoms with Crippen molar-refractivity contribution in [1.29, 1.82) is 0 Å². The van der Waals surface area contributed by atoms with Crippen LogP contribution >= 0.6 is 0 Å². The third-order valence-corrected chi connectivity index (χ3v) is 4.39. The summed E-state index contributed by atoms with van der Waals surface area (Å²) in [6.45, 7) is 3.75. The van der Waals surface area contributed by atoms with Crippen molar-refractivity contribution in [3.63, 3.8) is 0 Å². The van der Waals surface area contributed by atoms with E-state index in [1.165, 1.54) is 0 Å². The van der Waals surface area contributed by atoms with Crippen molar-refractivity contribution in [3.05, 3.63) is 53.1 Å². The van der Waals surface area contributed by atoms with E-state index in [0.717, 1.165) is 17.7 Å². The largest absolute Gasteiger partial charge is 0.493 e. The Morgan fingerprint density at radius 3 is 2.07 bits per heavy atom. The van der Waals surface area contributed by atoms with Crippen LogP contribution in [0.25, 0.3) is 0 Å². The van der Waals surface area contributed by atoms with Gasteiger partial charge in [-0.25, -0.2) is 4.99 Å². The zero-order chi connectivity index (χ0) is 21.9. The zero-order valence-electron chi connectivity index (χ0n) is 18.2. The molecule has 0 radical (unpaired) electrons. The molecule has 2 rings (SSSR count). The molecule has 0 atom stereocenters. The van der Waals surface area contributed by atoms with Gasteiger partial charge in [-0.3, -0.25) is 4.79 Å². The monoisotopic (exact) mass is 414 g/mol. The minimum atomic E-state index is -0.102. The summed E-state index contributed by atoms with van der Waals surface area (Å²) in [6.07, 6.45) is 0. The number of methoxy groups -OCH3 is 3. The van der Waals surface area contributed by atoms with Crippen molar-refractivity contribution in [2.75, 3.05) is 34.9 Å². The Balaban J connectivity index is 2.10. The molecule has 0 unspecified atom stereocenters. The van der Waals surface area contributed by atoms with Gasteiger partial charge in [0.05, 0.1) is 27.9 Å². The summed E-state index contributed by atoms with van der Waals surface area (Å²) in [6, 6.07) is 11.2. The average molecular weight is 415 g/mol. The number of guanidine groups is 1. The fourth-order valence-electron chi connectivity index (χ4n) is 2.84. The van der Waals surface area contributed by atoms with Gasteiger partial charge in [-0.2, -0.15) is 0 Å². The molecule has 0 fully saturated rings. The maximum absolute atomic E-state index is 11.6. The molecule has 2 aromatic carbocycles. The minimum absolute atomic E-state index is 0.102. The average Bonchev–Trinajstić information content (AvgIpc) is 2.79. The topological polar surface area (TPSA) is 93.2 Å². The quantitative estimate of drug-likeness (QED) is 0.431. The molecule has 162 valence electrons. The lowest BCUT2D eigenvalue weighted by Gasteiger charge is -2.14. The highest BCUT2D eigenvalue weighted by atomic mass is 16.5. The fraction of sp³-hybridized carbons (Fsp3) is 0.364. The summed E-state index contributed by atoms with van der Waals surface area (Å²) >= 11 is 0. The van der Waals surface area contributed by atoms with E-state index in [4.69, 9.17) is 14.2 Å². The van der Waals surface area contributed by atoms with E-state index in [9.17, 15) is 4.79 Å². The minimum Gasteiger partial charge on any atom is -0.493 e. The normalized spacial score (nSPS) is 10.9. The van der Waals surface area contributed by atoms with Crippen molar-refractivity contribution in [2.24, 2.45) is 4.99 Å². The lowest BCUT2D eigenvalue weighted by Crippen LogP contribution is -2.36. The van der Waals surface area contributed by atoms with Crippen molar-refractivity contribution >= 4 is 11.9 Å². The van der Waals surface area contributed by atoms with Crippen LogP contribution in [0, 0.1) is 0 Å². The van der Waals surface area contributed by atoms with E-state index in [2.05, 4.69) is 20.9 Å². The van der Waals surface area contributed by atoms with Crippen LogP contribution in [0.5, 0.6) is 17.2 Å². The molecule has 8 heteroatoms. The zero-order valence-corrected chi connectivity index (χ0v) is 18.2. The summed E-state index contributed by atoms with van der Waals surface area (Å²) < 4.78 is 16.2. The first-order valence-corrected chi connectivity index (χ1v) is 9.68. The van der Waals surface area contributed by atoms with Gasteiger partial charge in [0.25, 0.3) is 5.91 Å². The number of carbonyl (C=O) groups is 1. The molecule has 30 heavy (non-hydrogen) atoms. The van der Waals surface area contributed by atoms with E-state index in [1.807, 2.05) is 31.2 Å². The number of hydrogen-bond acceptors (Lipinski definition) is 5. The van der Waals surface area contributed by atoms with Crippen LogP contribution in [-0.2, 0) is 13.1 Å². The van der Waals surface area contributed by atoms with Crippen LogP contribution in [0.3, 0.4) is 0 Å². The molecule has 0 aliphatic rings. The first kappa shape index (κ1) is 22.9. The molecule has 0 heterocycles. The van der Waals surface area contributed by atoms with Crippen molar-refractivity contribution in [1.82, 2.24) is 16.0 Å². The Labute approximate surface area is 177 Å². The molecule has 0 spiro atoms. The van der Waals surface area contributed by atoms with E-state index in [-0.39, 0.29) is 5.91 Å². The molecule has 1 amide bonds. The fourth-order valence-corrected chi connectivity index (χ4v) is 2.84. The first-order chi connectivity index (χ1) is 14.6. The SMILES string of the molecule is CCNC(=NCc1cc(OC)c(OC)c(OC)c1)NCc1ccc(C(=O)NC)cc1. The molecule has 0 aliphatic heterocycles. The van der Waals surface area contributed by atoms with Gasteiger partial charge in [0, 0.05) is 25.7 Å². The summed E-state index contributed by atoms with van der Waals surface area (Å²) in [5, 5.41) is 9.14. The van der Waals surface area contributed by atoms with Gasteiger partial charge in [-0.15, -0.1) is 0 Å². The predicted molar refractivity (Wildman–Crippen MR) is 118 cm³/mol. The molecule has 0 saturated heterocycles. The summed E-state index contributed by atoms with van der Waals surface area (Å²) in [7, 11) is 6.37. The Morgan fingerprint density at radius 2 is 1.57 bits per heavy atom. The summed E-state index contributed by atoms with van der Waals surface area (Å²) in [5.74, 6) is 2.32. The Bertz CT molecular complexity index is 841. The maximum atomic E-state index is 11.6. The molecule has 0 saturated carbocycles. The van der Waals surface area contributed by atoms with Gasteiger partial charge in [0.15, 0.2) is 17.5 Å². The van der Waals surface area contributed by atoms with Crippen molar-refractivity contribution < 1.29 is 19.0 Å². The second-order valence-electron chi connectivity index (χ2n) is 6.36. The van der Waals surface area contributed by atoms with E-state index >= 15 is 0 Å². The highest BCUT2D eigenvalue weighted by molar-refractivity contribution is 5.93. The van der Waals surface area contributed by atoms with Gasteiger partial charge < -0.3 is 30.2 Å². The Morgan fingerprint density at radius 1 is 0.933 bits per heavy atom. The van der Waals surface area contributed by atoms with Crippen LogP contribution in [0.2, 0.25) is 0 Å². The number of rotatable bonds is 9. The summed E-state index contributed by atoms with van der Waals surface area (Å²) in [5.41, 5.74) is 2.60. The molecule has 0 aromatic heterocycles. The third-order valence-electron chi connectivity index (χ3n) is 4.39. The summed E-state index contributed by atoms with van der Waals surface area (Å²) in [4.78, 5) is 16.3. The van der Waals surface area contributed by atoms with Crippen LogP contribution in [-0.4, -0.2) is 46.8 Å². The smallest absolute Gasteiger partial charge is 0.251 e. The molecule has 0 bridgehead atoms. The van der Waals surface area contributed by atoms with Crippen LogP contribution < -0.4 is 30.2 Å². The van der Waals surface area contributed by atoms with Crippen LogP contribution in [0.4, 0.5) is 0 Å². The number of benzene rings is 2. The van der Waals surface area contributed by atoms with Crippen LogP contribution in [0.1, 0.15) is 28.4 Å². The lowest BCUT2D eigenvalue weighted by molar-refractivity contribution is 0.0963. The molecule has 3 N–H and O–H groups in total. The second kappa shape index (κ2) is 11.5. The highest BCUT2D eigenvalue weighted by Crippen LogP contribution is 2.38. The van der Waals surface area contributed by atoms with E-state index < -0.39 is 0 Å².